The molecular weight excluding hydrogens is 470 g/mol. The summed E-state index contributed by atoms with van der Waals surface area (Å²) >= 11 is 0. The van der Waals surface area contributed by atoms with Crippen molar-refractivity contribution in [3.63, 3.8) is 0 Å². The van der Waals surface area contributed by atoms with E-state index in [0.717, 1.165) is 25.1 Å². The van der Waals surface area contributed by atoms with E-state index in [9.17, 15) is 26.3 Å². The Morgan fingerprint density at radius 2 is 1.65 bits per heavy atom. The predicted octanol–water partition coefficient (Wildman–Crippen LogP) is 3.90. The molecule has 4 rings (SSSR count). The Kier molecular flexibility index (Phi) is 6.98. The van der Waals surface area contributed by atoms with Crippen molar-refractivity contribution in [3.05, 3.63) is 23.9 Å². The number of hydrogen-bond donors (Lipinski definition) is 0. The van der Waals surface area contributed by atoms with Crippen molar-refractivity contribution in [1.82, 2.24) is 9.99 Å². The van der Waals surface area contributed by atoms with Gasteiger partial charge in [0.05, 0.1) is 18.2 Å². The van der Waals surface area contributed by atoms with Gasteiger partial charge in [0.25, 0.3) is 0 Å². The van der Waals surface area contributed by atoms with Gasteiger partial charge in [-0.25, -0.2) is 4.98 Å². The van der Waals surface area contributed by atoms with Gasteiger partial charge < -0.3 is 19.1 Å². The maximum Gasteiger partial charge on any atom is 0.431 e. The molecule has 0 amide bonds. The van der Waals surface area contributed by atoms with Gasteiger partial charge in [-0.15, -0.1) is 0 Å². The number of aromatic nitrogens is 1. The number of pyridine rings is 1. The first kappa shape index (κ1) is 25.0. The second-order valence-corrected chi connectivity index (χ2v) is 8.73. The van der Waals surface area contributed by atoms with E-state index in [1.807, 2.05) is 4.90 Å². The molecule has 13 heteroatoms. The summed E-state index contributed by atoms with van der Waals surface area (Å²) in [4.78, 5) is 5.90. The van der Waals surface area contributed by atoms with Crippen molar-refractivity contribution in [1.29, 1.82) is 0 Å². The lowest BCUT2D eigenvalue weighted by Crippen LogP contribution is -2.49. The number of rotatable bonds is 7. The van der Waals surface area contributed by atoms with Crippen molar-refractivity contribution in [3.8, 4) is 0 Å². The molecule has 0 spiro atoms. The number of alkyl halides is 6. The molecule has 4 atom stereocenters. The zero-order valence-electron chi connectivity index (χ0n) is 18.6. The van der Waals surface area contributed by atoms with Crippen molar-refractivity contribution in [2.75, 3.05) is 38.8 Å². The summed E-state index contributed by atoms with van der Waals surface area (Å²) in [6.45, 7) is 0.969. The van der Waals surface area contributed by atoms with Gasteiger partial charge in [0.15, 0.2) is 12.5 Å². The summed E-state index contributed by atoms with van der Waals surface area (Å²) < 4.78 is 94.9. The SMILES string of the molecule is COC(CN1N=C(C(F)(F)F)C[C@H]1OC1[C@@H]2CC[C@H]1CN(c1ccc(C(F)(F)F)cn1)C2)OC. The number of methoxy groups -OCH3 is 2. The van der Waals surface area contributed by atoms with Crippen LogP contribution >= 0.6 is 0 Å². The predicted molar refractivity (Wildman–Crippen MR) is 109 cm³/mol. The molecule has 2 aliphatic heterocycles. The molecule has 1 aromatic heterocycles. The third kappa shape index (κ3) is 5.25. The number of ether oxygens (including phenoxy) is 3. The van der Waals surface area contributed by atoms with Crippen LogP contribution in [0.2, 0.25) is 0 Å². The third-order valence-electron chi connectivity index (χ3n) is 6.60. The van der Waals surface area contributed by atoms with E-state index in [4.69, 9.17) is 14.2 Å². The van der Waals surface area contributed by atoms with Crippen LogP contribution in [0.1, 0.15) is 24.8 Å². The van der Waals surface area contributed by atoms with E-state index >= 15 is 0 Å². The molecule has 2 fully saturated rings. The van der Waals surface area contributed by atoms with Gasteiger partial charge in [-0.05, 0) is 25.0 Å². The summed E-state index contributed by atoms with van der Waals surface area (Å²) in [7, 11) is 2.78. The molecule has 1 saturated carbocycles. The molecule has 0 aromatic carbocycles. The zero-order chi connectivity index (χ0) is 24.7. The van der Waals surface area contributed by atoms with Crippen LogP contribution in [0.5, 0.6) is 0 Å². The van der Waals surface area contributed by atoms with E-state index in [2.05, 4.69) is 10.1 Å². The van der Waals surface area contributed by atoms with Crippen molar-refractivity contribution < 1.29 is 40.6 Å². The highest BCUT2D eigenvalue weighted by Crippen LogP contribution is 2.42. The van der Waals surface area contributed by atoms with E-state index < -0.39 is 42.6 Å². The van der Waals surface area contributed by atoms with E-state index in [-0.39, 0.29) is 24.5 Å². The Bertz CT molecular complexity index is 861. The van der Waals surface area contributed by atoms with Crippen molar-refractivity contribution >= 4 is 11.5 Å². The first-order valence-electron chi connectivity index (χ1n) is 10.9. The number of nitrogens with zero attached hydrogens (tertiary/aromatic N) is 4. The zero-order valence-corrected chi connectivity index (χ0v) is 18.6. The first-order chi connectivity index (χ1) is 16.0. The molecule has 1 aliphatic carbocycles. The first-order valence-corrected chi connectivity index (χ1v) is 10.9. The van der Waals surface area contributed by atoms with Gasteiger partial charge in [-0.1, -0.05) is 0 Å². The maximum absolute atomic E-state index is 13.3. The number of hydrogen-bond acceptors (Lipinski definition) is 7. The molecule has 2 bridgehead atoms. The van der Waals surface area contributed by atoms with E-state index in [0.29, 0.717) is 18.9 Å². The van der Waals surface area contributed by atoms with Gasteiger partial charge in [-0.3, -0.25) is 5.01 Å². The number of fused-ring (bicyclic) bond motifs is 2. The third-order valence-corrected chi connectivity index (χ3v) is 6.60. The molecule has 1 aromatic rings. The maximum atomic E-state index is 13.3. The second kappa shape index (κ2) is 9.50. The van der Waals surface area contributed by atoms with E-state index in [1.165, 1.54) is 25.3 Å². The Morgan fingerprint density at radius 3 is 2.15 bits per heavy atom. The Hall–Kier alpha value is -2.12. The molecule has 0 N–H and O–H groups in total. The summed E-state index contributed by atoms with van der Waals surface area (Å²) in [5.74, 6) is 0.470. The molecule has 3 aliphatic rings. The van der Waals surface area contributed by atoms with Gasteiger partial charge in [0.1, 0.15) is 11.5 Å². The Balaban J connectivity index is 1.43. The number of piperidine rings is 1. The monoisotopic (exact) mass is 496 g/mol. The highest BCUT2D eigenvalue weighted by Gasteiger charge is 2.48. The highest BCUT2D eigenvalue weighted by molar-refractivity contribution is 5.91. The molecular formula is C21H26F6N4O3. The van der Waals surface area contributed by atoms with Crippen LogP contribution in [-0.2, 0) is 20.4 Å². The van der Waals surface area contributed by atoms with Crippen LogP contribution in [-0.4, -0.2) is 74.4 Å². The molecule has 0 radical (unpaired) electrons. The summed E-state index contributed by atoms with van der Waals surface area (Å²) in [5.41, 5.74) is -1.73. The Labute approximate surface area is 192 Å². The lowest BCUT2D eigenvalue weighted by Gasteiger charge is -2.40. The fourth-order valence-electron chi connectivity index (χ4n) is 4.88. The molecule has 1 unspecified atom stereocenters. The molecule has 7 nitrogen and oxygen atoms in total. The fraction of sp³-hybridized carbons (Fsp3) is 0.714. The smallest absolute Gasteiger partial charge is 0.356 e. The standard InChI is InChI=1S/C21H26F6N4O3/c1-32-18(33-2)11-31-17(7-15(29-31)21(25,26)27)34-19-12-3-4-13(19)10-30(9-12)16-6-5-14(8-28-16)20(22,23)24/h5-6,8,12-13,17-19H,3-4,7,9-11H2,1-2H3/t12-,13+,17-,19?/m1/s1. The lowest BCUT2D eigenvalue weighted by molar-refractivity contribution is -0.161. The summed E-state index contributed by atoms with van der Waals surface area (Å²) in [5, 5.41) is 4.96. The minimum Gasteiger partial charge on any atom is -0.356 e. The van der Waals surface area contributed by atoms with Crippen molar-refractivity contribution in [2.24, 2.45) is 16.9 Å². The normalized spacial score (nSPS) is 27.6. The van der Waals surface area contributed by atoms with Crippen LogP contribution in [0, 0.1) is 11.8 Å². The molecule has 34 heavy (non-hydrogen) atoms. The van der Waals surface area contributed by atoms with Gasteiger partial charge in [-0.2, -0.15) is 31.4 Å². The van der Waals surface area contributed by atoms with Crippen LogP contribution < -0.4 is 4.90 Å². The number of halogens is 6. The topological polar surface area (TPSA) is 59.4 Å². The van der Waals surface area contributed by atoms with Gasteiger partial charge in [0, 0.05) is 51.8 Å². The number of hydrazone groups is 1. The van der Waals surface area contributed by atoms with Crippen LogP contribution in [0.15, 0.2) is 23.4 Å². The summed E-state index contributed by atoms with van der Waals surface area (Å²) in [6.07, 6.45) is -8.96. The van der Waals surface area contributed by atoms with Gasteiger partial charge >= 0.3 is 12.4 Å². The van der Waals surface area contributed by atoms with Crippen LogP contribution in [0.25, 0.3) is 0 Å². The minimum absolute atomic E-state index is 0.0141. The summed E-state index contributed by atoms with van der Waals surface area (Å²) in [6, 6.07) is 2.35. The molecule has 190 valence electrons. The molecule has 3 heterocycles. The Morgan fingerprint density at radius 1 is 1.00 bits per heavy atom. The van der Waals surface area contributed by atoms with Crippen LogP contribution in [0.3, 0.4) is 0 Å². The lowest BCUT2D eigenvalue weighted by atomic mass is 9.94. The van der Waals surface area contributed by atoms with Gasteiger partial charge in [0.2, 0.25) is 0 Å². The molecule has 1 saturated heterocycles. The van der Waals surface area contributed by atoms with Crippen LogP contribution in [0.4, 0.5) is 32.2 Å². The quantitative estimate of drug-likeness (QED) is 0.422. The average Bonchev–Trinajstić information content (AvgIpc) is 3.28. The van der Waals surface area contributed by atoms with Crippen molar-refractivity contribution in [2.45, 2.75) is 50.2 Å². The fourth-order valence-corrected chi connectivity index (χ4v) is 4.88. The minimum atomic E-state index is -4.57. The number of anilines is 1. The largest absolute Gasteiger partial charge is 0.431 e. The highest BCUT2D eigenvalue weighted by atomic mass is 19.4. The van der Waals surface area contributed by atoms with E-state index in [1.54, 1.807) is 0 Å². The average molecular weight is 496 g/mol. The second-order valence-electron chi connectivity index (χ2n) is 8.73.